The van der Waals surface area contributed by atoms with E-state index in [0.29, 0.717) is 18.9 Å². The first-order chi connectivity index (χ1) is 7.99. The number of carbonyl (C=O) groups is 2. The van der Waals surface area contributed by atoms with Gasteiger partial charge in [0.05, 0.1) is 6.42 Å². The molecule has 0 aromatic rings. The van der Waals surface area contributed by atoms with E-state index in [-0.39, 0.29) is 12.2 Å². The zero-order valence-corrected chi connectivity index (χ0v) is 11.7. The molecule has 17 heavy (non-hydrogen) atoms. The average molecular weight is 263 g/mol. The molecular weight excluding hydrogens is 242 g/mol. The maximum absolute atomic E-state index is 11.2. The Bertz CT molecular complexity index is 247. The van der Waals surface area contributed by atoms with Crippen LogP contribution in [0.3, 0.4) is 0 Å². The number of hydrogen-bond donors (Lipinski definition) is 1. The van der Waals surface area contributed by atoms with Gasteiger partial charge in [0.2, 0.25) is 5.91 Å². The summed E-state index contributed by atoms with van der Waals surface area (Å²) in [6.07, 6.45) is 1.61. The Morgan fingerprint density at radius 1 is 1.06 bits per heavy atom. The zero-order chi connectivity index (χ0) is 13.3. The second-order valence-electron chi connectivity index (χ2n) is 3.68. The molecule has 0 bridgehead atoms. The summed E-state index contributed by atoms with van der Waals surface area (Å²) in [6, 6.07) is 0.653. The third-order valence-electron chi connectivity index (χ3n) is 2.49. The first-order valence-corrected chi connectivity index (χ1v) is 7.38. The topological polar surface area (TPSA) is 87.9 Å². The Morgan fingerprint density at radius 3 is 2.00 bits per heavy atom. The minimum absolute atomic E-state index is 0.128. The van der Waals surface area contributed by atoms with Crippen molar-refractivity contribution in [2.75, 3.05) is 21.3 Å². The molecule has 0 fully saturated rings. The van der Waals surface area contributed by atoms with E-state index in [0.717, 1.165) is 6.42 Å². The van der Waals surface area contributed by atoms with Crippen LogP contribution >= 0.6 is 0 Å². The fourth-order valence-corrected chi connectivity index (χ4v) is 3.30. The van der Waals surface area contributed by atoms with Crippen LogP contribution in [-0.4, -0.2) is 41.8 Å². The highest BCUT2D eigenvalue weighted by Gasteiger charge is 2.36. The van der Waals surface area contributed by atoms with E-state index in [1.807, 2.05) is 0 Å². The molecule has 0 unspecified atom stereocenters. The number of primary amides is 1. The predicted molar refractivity (Wildman–Crippen MR) is 64.3 cm³/mol. The van der Waals surface area contributed by atoms with Crippen molar-refractivity contribution >= 4 is 20.5 Å². The lowest BCUT2D eigenvalue weighted by atomic mass is 10.1. The molecular formula is C10H21NO5Si. The Labute approximate surface area is 103 Å². The first kappa shape index (κ1) is 16.2. The van der Waals surface area contributed by atoms with E-state index < -0.39 is 14.7 Å². The van der Waals surface area contributed by atoms with Crippen molar-refractivity contribution in [1.29, 1.82) is 0 Å². The Hall–Kier alpha value is -0.763. The fourth-order valence-electron chi connectivity index (χ4n) is 1.50. The van der Waals surface area contributed by atoms with Gasteiger partial charge in [-0.05, 0) is 12.8 Å². The molecule has 100 valence electrons. The van der Waals surface area contributed by atoms with Crippen LogP contribution in [0.5, 0.6) is 0 Å². The molecule has 2 N–H and O–H groups in total. The van der Waals surface area contributed by atoms with Crippen molar-refractivity contribution in [3.63, 3.8) is 0 Å². The lowest BCUT2D eigenvalue weighted by molar-refractivity contribution is -0.126. The van der Waals surface area contributed by atoms with Crippen LogP contribution in [-0.2, 0) is 22.9 Å². The van der Waals surface area contributed by atoms with Crippen molar-refractivity contribution in [3.05, 3.63) is 0 Å². The number of carbonyl (C=O) groups excluding carboxylic acids is 2. The van der Waals surface area contributed by atoms with Crippen LogP contribution in [0.1, 0.15) is 25.7 Å². The maximum atomic E-state index is 11.2. The quantitative estimate of drug-likeness (QED) is 0.352. The summed E-state index contributed by atoms with van der Waals surface area (Å²) in [5, 5.41) is 0. The molecule has 0 aliphatic carbocycles. The van der Waals surface area contributed by atoms with E-state index in [2.05, 4.69) is 0 Å². The van der Waals surface area contributed by atoms with E-state index in [1.54, 1.807) is 21.3 Å². The van der Waals surface area contributed by atoms with Gasteiger partial charge in [0.15, 0.2) is 0 Å². The summed E-state index contributed by atoms with van der Waals surface area (Å²) >= 11 is 0. The van der Waals surface area contributed by atoms with Crippen molar-refractivity contribution in [2.24, 2.45) is 5.73 Å². The maximum Gasteiger partial charge on any atom is 0.500 e. The molecule has 0 aromatic carbocycles. The number of Topliss-reactive ketones (excluding diaryl/α,β-unsaturated/α-hetero) is 1. The summed E-state index contributed by atoms with van der Waals surface area (Å²) in [6.45, 7) is 0. The van der Waals surface area contributed by atoms with Gasteiger partial charge >= 0.3 is 8.80 Å². The van der Waals surface area contributed by atoms with Crippen LogP contribution in [0.4, 0.5) is 0 Å². The molecule has 0 heterocycles. The van der Waals surface area contributed by atoms with Gasteiger partial charge in [-0.3, -0.25) is 9.59 Å². The van der Waals surface area contributed by atoms with E-state index in [9.17, 15) is 9.59 Å². The Kier molecular flexibility index (Phi) is 7.97. The van der Waals surface area contributed by atoms with Gasteiger partial charge in [0.25, 0.3) is 0 Å². The molecule has 0 aromatic heterocycles. The largest absolute Gasteiger partial charge is 0.500 e. The molecule has 0 saturated heterocycles. The second-order valence-corrected chi connectivity index (χ2v) is 6.78. The van der Waals surface area contributed by atoms with Gasteiger partial charge in [0, 0.05) is 33.8 Å². The number of hydrogen-bond acceptors (Lipinski definition) is 5. The van der Waals surface area contributed by atoms with Gasteiger partial charge in [-0.2, -0.15) is 0 Å². The minimum atomic E-state index is -2.52. The molecule has 0 aliphatic rings. The van der Waals surface area contributed by atoms with E-state index >= 15 is 0 Å². The van der Waals surface area contributed by atoms with Crippen LogP contribution < -0.4 is 5.73 Å². The van der Waals surface area contributed by atoms with E-state index in [1.165, 1.54) is 0 Å². The number of amides is 1. The van der Waals surface area contributed by atoms with Gasteiger partial charge < -0.3 is 19.0 Å². The first-order valence-electron chi connectivity index (χ1n) is 5.45. The van der Waals surface area contributed by atoms with Gasteiger partial charge in [-0.1, -0.05) is 0 Å². The third-order valence-corrected chi connectivity index (χ3v) is 5.32. The van der Waals surface area contributed by atoms with Crippen molar-refractivity contribution in [2.45, 2.75) is 31.7 Å². The van der Waals surface area contributed by atoms with Crippen LogP contribution in [0, 0.1) is 0 Å². The lowest BCUT2D eigenvalue weighted by Crippen LogP contribution is -2.42. The molecule has 0 radical (unpaired) electrons. The normalized spacial score (nSPS) is 11.5. The summed E-state index contributed by atoms with van der Waals surface area (Å²) < 4.78 is 15.7. The standard InChI is InChI=1S/C10H21NO5Si/c1-14-17(15-2,16-3)7-5-4-6-9(12)8-10(11)13/h4-8H2,1-3H3,(H2,11,13). The van der Waals surface area contributed by atoms with Crippen LogP contribution in [0.25, 0.3) is 0 Å². The van der Waals surface area contributed by atoms with E-state index in [4.69, 9.17) is 19.0 Å². The Morgan fingerprint density at radius 2 is 1.59 bits per heavy atom. The monoisotopic (exact) mass is 263 g/mol. The summed E-state index contributed by atoms with van der Waals surface area (Å²) in [5.74, 6) is -0.707. The summed E-state index contributed by atoms with van der Waals surface area (Å²) in [4.78, 5) is 21.7. The van der Waals surface area contributed by atoms with Crippen LogP contribution in [0.15, 0.2) is 0 Å². The smallest absolute Gasteiger partial charge is 0.377 e. The summed E-state index contributed by atoms with van der Waals surface area (Å²) in [5.41, 5.74) is 4.92. The second kappa shape index (κ2) is 8.35. The molecule has 1 amide bonds. The van der Waals surface area contributed by atoms with Gasteiger partial charge in [-0.15, -0.1) is 0 Å². The number of nitrogens with two attached hydrogens (primary N) is 1. The number of rotatable bonds is 10. The Balaban J connectivity index is 3.83. The van der Waals surface area contributed by atoms with Gasteiger partial charge in [-0.25, -0.2) is 0 Å². The minimum Gasteiger partial charge on any atom is -0.377 e. The predicted octanol–water partition coefficient (Wildman–Crippen LogP) is 0.479. The van der Waals surface area contributed by atoms with Crippen molar-refractivity contribution < 1.29 is 22.9 Å². The molecule has 0 saturated carbocycles. The summed E-state index contributed by atoms with van der Waals surface area (Å²) in [7, 11) is 2.13. The van der Waals surface area contributed by atoms with Crippen molar-refractivity contribution in [3.8, 4) is 0 Å². The number of ketones is 1. The van der Waals surface area contributed by atoms with Gasteiger partial charge in [0.1, 0.15) is 5.78 Å². The SMILES string of the molecule is CO[Si](CCCCC(=O)CC(N)=O)(OC)OC. The highest BCUT2D eigenvalue weighted by Crippen LogP contribution is 2.17. The zero-order valence-electron chi connectivity index (χ0n) is 10.7. The molecule has 7 heteroatoms. The molecule has 0 spiro atoms. The highest BCUT2D eigenvalue weighted by molar-refractivity contribution is 6.60. The lowest BCUT2D eigenvalue weighted by Gasteiger charge is -2.24. The fraction of sp³-hybridized carbons (Fsp3) is 0.800. The molecule has 0 rings (SSSR count). The van der Waals surface area contributed by atoms with Crippen molar-refractivity contribution in [1.82, 2.24) is 0 Å². The molecule has 0 atom stereocenters. The molecule has 6 nitrogen and oxygen atoms in total. The molecule has 0 aliphatic heterocycles. The van der Waals surface area contributed by atoms with Crippen LogP contribution in [0.2, 0.25) is 6.04 Å². The highest BCUT2D eigenvalue weighted by atomic mass is 28.4. The average Bonchev–Trinajstić information content (AvgIpc) is 2.29. The number of unbranched alkanes of at least 4 members (excludes halogenated alkanes) is 1. The third kappa shape index (κ3) is 6.52.